The first kappa shape index (κ1) is 21.6. The van der Waals surface area contributed by atoms with Crippen molar-refractivity contribution < 1.29 is 14.4 Å². The number of Topliss-reactive ketones (excluding diaryl/α,β-unsaturated/α-hetero) is 1. The number of ketones is 1. The molecule has 0 rings (SSSR count). The maximum absolute atomic E-state index is 12.4. The van der Waals surface area contributed by atoms with E-state index in [1.807, 2.05) is 20.8 Å². The van der Waals surface area contributed by atoms with Gasteiger partial charge in [0, 0.05) is 38.4 Å². The molecule has 3 N–H and O–H groups in total. The predicted octanol–water partition coefficient (Wildman–Crippen LogP) is 1.33. The van der Waals surface area contributed by atoms with Crippen LogP contribution in [-0.2, 0) is 14.4 Å². The molecule has 0 aliphatic heterocycles. The summed E-state index contributed by atoms with van der Waals surface area (Å²) in [4.78, 5) is 38.5. The molecule has 0 aromatic heterocycles. The minimum absolute atomic E-state index is 0.00624. The molecule has 0 saturated heterocycles. The Hall–Kier alpha value is -1.43. The van der Waals surface area contributed by atoms with Crippen LogP contribution in [-0.4, -0.2) is 48.7 Å². The van der Waals surface area contributed by atoms with Crippen LogP contribution in [0.3, 0.4) is 0 Å². The van der Waals surface area contributed by atoms with Crippen molar-refractivity contribution in [1.29, 1.82) is 0 Å². The first-order valence-corrected chi connectivity index (χ1v) is 8.06. The van der Waals surface area contributed by atoms with Gasteiger partial charge in [-0.3, -0.25) is 14.4 Å². The van der Waals surface area contributed by atoms with Crippen LogP contribution in [0.4, 0.5) is 0 Å². The average molecular weight is 327 g/mol. The fourth-order valence-electron chi connectivity index (χ4n) is 1.95. The van der Waals surface area contributed by atoms with Crippen molar-refractivity contribution >= 4 is 17.6 Å². The van der Waals surface area contributed by atoms with Gasteiger partial charge in [-0.15, -0.1) is 0 Å². The summed E-state index contributed by atoms with van der Waals surface area (Å²) < 4.78 is 0. The second-order valence-corrected chi connectivity index (χ2v) is 8.21. The van der Waals surface area contributed by atoms with E-state index in [0.29, 0.717) is 19.5 Å². The molecule has 0 aliphatic carbocycles. The van der Waals surface area contributed by atoms with Gasteiger partial charge in [0.15, 0.2) is 0 Å². The van der Waals surface area contributed by atoms with Gasteiger partial charge in [0.2, 0.25) is 11.8 Å². The summed E-state index contributed by atoms with van der Waals surface area (Å²) in [5, 5.41) is 2.68. The first-order valence-electron chi connectivity index (χ1n) is 8.06. The zero-order valence-electron chi connectivity index (χ0n) is 15.7. The number of rotatable bonds is 7. The van der Waals surface area contributed by atoms with E-state index in [9.17, 15) is 14.4 Å². The maximum atomic E-state index is 12.4. The normalized spacial score (nSPS) is 13.4. The van der Waals surface area contributed by atoms with Gasteiger partial charge in [-0.05, 0) is 5.41 Å². The molecule has 6 heteroatoms. The largest absolute Gasteiger partial charge is 0.353 e. The summed E-state index contributed by atoms with van der Waals surface area (Å²) in [7, 11) is 1.58. The minimum Gasteiger partial charge on any atom is -0.353 e. The Labute approximate surface area is 140 Å². The van der Waals surface area contributed by atoms with Crippen LogP contribution in [0, 0.1) is 10.8 Å². The number of hydrogen-bond donors (Lipinski definition) is 2. The Balaban J connectivity index is 5.21. The van der Waals surface area contributed by atoms with Gasteiger partial charge >= 0.3 is 0 Å². The second-order valence-electron chi connectivity index (χ2n) is 8.21. The molecule has 6 nitrogen and oxygen atoms in total. The van der Waals surface area contributed by atoms with Gasteiger partial charge < -0.3 is 16.0 Å². The smallest absolute Gasteiger partial charge is 0.243 e. The summed E-state index contributed by atoms with van der Waals surface area (Å²) in [6.07, 6.45) is 0.320. The Morgan fingerprint density at radius 2 is 1.61 bits per heavy atom. The molecule has 0 aromatic carbocycles. The first-order chi connectivity index (χ1) is 10.3. The minimum atomic E-state index is -0.803. The second kappa shape index (κ2) is 8.43. The van der Waals surface area contributed by atoms with Crippen LogP contribution in [0.15, 0.2) is 0 Å². The molecule has 0 spiro atoms. The van der Waals surface area contributed by atoms with Crippen molar-refractivity contribution in [2.75, 3.05) is 20.1 Å². The van der Waals surface area contributed by atoms with Gasteiger partial charge in [0.05, 0.1) is 0 Å². The Kier molecular flexibility index (Phi) is 7.91. The number of carbonyl (C=O) groups excluding carboxylic acids is 3. The van der Waals surface area contributed by atoms with Crippen molar-refractivity contribution in [2.45, 2.75) is 60.4 Å². The molecule has 0 fully saturated rings. The average Bonchev–Trinajstić information content (AvgIpc) is 2.37. The van der Waals surface area contributed by atoms with Gasteiger partial charge in [0.25, 0.3) is 0 Å². The summed E-state index contributed by atoms with van der Waals surface area (Å²) in [5.41, 5.74) is 4.67. The van der Waals surface area contributed by atoms with Gasteiger partial charge in [-0.1, -0.05) is 41.5 Å². The molecule has 0 bridgehead atoms. The number of hydrogen-bond acceptors (Lipinski definition) is 4. The van der Waals surface area contributed by atoms with Crippen LogP contribution in [0.2, 0.25) is 0 Å². The number of amides is 2. The molecule has 1 unspecified atom stereocenters. The Morgan fingerprint density at radius 1 is 1.09 bits per heavy atom. The fourth-order valence-corrected chi connectivity index (χ4v) is 1.95. The van der Waals surface area contributed by atoms with E-state index in [1.54, 1.807) is 27.8 Å². The topological polar surface area (TPSA) is 92.5 Å². The van der Waals surface area contributed by atoms with Crippen LogP contribution in [0.5, 0.6) is 0 Å². The zero-order chi connectivity index (χ0) is 18.4. The molecule has 0 radical (unpaired) electrons. The third-order valence-corrected chi connectivity index (χ3v) is 3.50. The highest BCUT2D eigenvalue weighted by molar-refractivity contribution is 5.94. The number of nitrogens with zero attached hydrogens (tertiary/aromatic N) is 1. The van der Waals surface area contributed by atoms with E-state index in [1.165, 1.54) is 4.90 Å². The van der Waals surface area contributed by atoms with Crippen molar-refractivity contribution in [3.63, 3.8) is 0 Å². The molecule has 0 heterocycles. The predicted molar refractivity (Wildman–Crippen MR) is 91.8 cm³/mol. The highest BCUT2D eigenvalue weighted by Gasteiger charge is 2.33. The van der Waals surface area contributed by atoms with Gasteiger partial charge in [0.1, 0.15) is 11.8 Å². The number of likely N-dealkylation sites (N-methyl/N-ethyl adjacent to an activating group) is 1. The molecule has 0 saturated carbocycles. The van der Waals surface area contributed by atoms with Crippen molar-refractivity contribution in [2.24, 2.45) is 16.6 Å². The molecule has 134 valence electrons. The van der Waals surface area contributed by atoms with Crippen molar-refractivity contribution in [1.82, 2.24) is 10.2 Å². The SMILES string of the molecule is CN(C(=O)CC(C)(C)C)C(CC(=O)C(C)(C)C)C(=O)NCCN. The summed E-state index contributed by atoms with van der Waals surface area (Å²) in [6, 6.07) is -0.803. The molecule has 23 heavy (non-hydrogen) atoms. The molecule has 1 atom stereocenters. The van der Waals surface area contributed by atoms with E-state index >= 15 is 0 Å². The van der Waals surface area contributed by atoms with Crippen molar-refractivity contribution in [3.8, 4) is 0 Å². The third kappa shape index (κ3) is 8.11. The summed E-state index contributed by atoms with van der Waals surface area (Å²) >= 11 is 0. The third-order valence-electron chi connectivity index (χ3n) is 3.50. The Bertz CT molecular complexity index is 433. The lowest BCUT2D eigenvalue weighted by Gasteiger charge is -2.31. The summed E-state index contributed by atoms with van der Waals surface area (Å²) in [5.74, 6) is -0.536. The van der Waals surface area contributed by atoms with Gasteiger partial charge in [-0.2, -0.15) is 0 Å². The molecular weight excluding hydrogens is 294 g/mol. The lowest BCUT2D eigenvalue weighted by atomic mass is 9.86. The number of nitrogens with one attached hydrogen (secondary N) is 1. The monoisotopic (exact) mass is 327 g/mol. The zero-order valence-corrected chi connectivity index (χ0v) is 15.7. The van der Waals surface area contributed by atoms with Crippen LogP contribution < -0.4 is 11.1 Å². The maximum Gasteiger partial charge on any atom is 0.243 e. The van der Waals surface area contributed by atoms with Crippen molar-refractivity contribution in [3.05, 3.63) is 0 Å². The van der Waals surface area contributed by atoms with Crippen LogP contribution >= 0.6 is 0 Å². The lowest BCUT2D eigenvalue weighted by molar-refractivity contribution is -0.142. The quantitative estimate of drug-likeness (QED) is 0.738. The van der Waals surface area contributed by atoms with E-state index in [2.05, 4.69) is 5.32 Å². The molecule has 2 amide bonds. The van der Waals surface area contributed by atoms with E-state index in [0.717, 1.165) is 0 Å². The van der Waals surface area contributed by atoms with Gasteiger partial charge in [-0.25, -0.2) is 0 Å². The van der Waals surface area contributed by atoms with E-state index < -0.39 is 11.5 Å². The summed E-state index contributed by atoms with van der Waals surface area (Å²) in [6.45, 7) is 11.9. The Morgan fingerprint density at radius 3 is 2.00 bits per heavy atom. The molecule has 0 aliphatic rings. The highest BCUT2D eigenvalue weighted by Crippen LogP contribution is 2.23. The van der Waals surface area contributed by atoms with E-state index in [4.69, 9.17) is 5.73 Å². The number of nitrogens with two attached hydrogens (primary N) is 1. The lowest BCUT2D eigenvalue weighted by Crippen LogP contribution is -2.50. The van der Waals surface area contributed by atoms with Crippen LogP contribution in [0.25, 0.3) is 0 Å². The van der Waals surface area contributed by atoms with Crippen LogP contribution in [0.1, 0.15) is 54.4 Å². The standard InChI is InChI=1S/C17H33N3O3/c1-16(2,3)11-14(22)20(7)12(15(23)19-9-8-18)10-13(21)17(4,5)6/h12H,8-11,18H2,1-7H3,(H,19,23). The number of carbonyl (C=O) groups is 3. The molecular formula is C17H33N3O3. The fraction of sp³-hybridized carbons (Fsp3) is 0.824. The molecule has 0 aromatic rings. The highest BCUT2D eigenvalue weighted by atomic mass is 16.2. The van der Waals surface area contributed by atoms with E-state index in [-0.39, 0.29) is 29.4 Å².